The third kappa shape index (κ3) is 8.28. The van der Waals surface area contributed by atoms with E-state index in [2.05, 4.69) is 27.7 Å². The predicted octanol–water partition coefficient (Wildman–Crippen LogP) is 4.63. The molecule has 7 nitrogen and oxygen atoms in total. The molecule has 0 bridgehead atoms. The molecule has 31 heavy (non-hydrogen) atoms. The quantitative estimate of drug-likeness (QED) is 0.378. The summed E-state index contributed by atoms with van der Waals surface area (Å²) in [7, 11) is 3.69. The highest BCUT2D eigenvalue weighted by molar-refractivity contribution is 5.80. The van der Waals surface area contributed by atoms with Gasteiger partial charge in [-0.1, -0.05) is 18.2 Å². The average molecular weight is 429 g/mol. The Morgan fingerprint density at radius 2 is 1.74 bits per heavy atom. The van der Waals surface area contributed by atoms with Crippen LogP contribution in [0.4, 0.5) is 21.9 Å². The van der Waals surface area contributed by atoms with E-state index < -0.39 is 5.60 Å². The Morgan fingerprint density at radius 3 is 2.39 bits per heavy atom. The monoisotopic (exact) mass is 428 g/mol. The Bertz CT molecular complexity index is 832. The van der Waals surface area contributed by atoms with Gasteiger partial charge in [0.25, 0.3) is 0 Å². The predicted molar refractivity (Wildman–Crippen MR) is 128 cm³/mol. The number of ether oxygens (including phenoxy) is 2. The van der Waals surface area contributed by atoms with E-state index in [0.717, 1.165) is 48.7 Å². The second-order valence-electron chi connectivity index (χ2n) is 8.51. The summed E-state index contributed by atoms with van der Waals surface area (Å²) in [5.41, 5.74) is 9.75. The number of nitrogens with two attached hydrogens (primary N) is 1. The summed E-state index contributed by atoms with van der Waals surface area (Å²) >= 11 is 0. The molecule has 0 aliphatic heterocycles. The Balaban J connectivity index is 1.80. The minimum absolute atomic E-state index is 0.377. The first-order valence-electron chi connectivity index (χ1n) is 10.6. The molecule has 0 aliphatic rings. The summed E-state index contributed by atoms with van der Waals surface area (Å²) in [6.07, 6.45) is 1.38. The highest BCUT2D eigenvalue weighted by Gasteiger charge is 2.15. The molecular formula is C24H36N4O3. The number of nitrogen functional groups attached to an aromatic ring is 1. The number of benzene rings is 2. The number of alkyl carbamates (subject to hydrolysis) is 1. The van der Waals surface area contributed by atoms with E-state index in [0.29, 0.717) is 6.54 Å². The van der Waals surface area contributed by atoms with Crippen molar-refractivity contribution in [1.82, 2.24) is 5.32 Å². The summed E-state index contributed by atoms with van der Waals surface area (Å²) in [6.45, 7) is 7.65. The SMILES string of the molecule is COc1ccc(CN(C)c2cccc(NCCCCNC(=O)OC(C)(C)C)c2N)cc1. The molecule has 0 aromatic heterocycles. The van der Waals surface area contributed by atoms with E-state index in [1.165, 1.54) is 5.56 Å². The first-order chi connectivity index (χ1) is 14.7. The van der Waals surface area contributed by atoms with E-state index in [-0.39, 0.29) is 6.09 Å². The van der Waals surface area contributed by atoms with Crippen molar-refractivity contribution in [3.8, 4) is 5.75 Å². The van der Waals surface area contributed by atoms with Crippen LogP contribution in [0.5, 0.6) is 5.75 Å². The molecule has 0 spiro atoms. The third-order valence-corrected chi connectivity index (χ3v) is 4.66. The van der Waals surface area contributed by atoms with Crippen LogP contribution in [0.2, 0.25) is 0 Å². The van der Waals surface area contributed by atoms with Gasteiger partial charge in [0.05, 0.1) is 24.2 Å². The highest BCUT2D eigenvalue weighted by Crippen LogP contribution is 2.30. The fraction of sp³-hybridized carbons (Fsp3) is 0.458. The number of amides is 1. The topological polar surface area (TPSA) is 88.8 Å². The lowest BCUT2D eigenvalue weighted by Crippen LogP contribution is -2.33. The molecule has 0 aliphatic carbocycles. The molecule has 1 amide bonds. The lowest BCUT2D eigenvalue weighted by atomic mass is 10.1. The maximum atomic E-state index is 11.6. The molecule has 0 atom stereocenters. The Hall–Kier alpha value is -3.09. The Morgan fingerprint density at radius 1 is 1.06 bits per heavy atom. The maximum Gasteiger partial charge on any atom is 0.407 e. The largest absolute Gasteiger partial charge is 0.497 e. The summed E-state index contributed by atoms with van der Waals surface area (Å²) in [5.74, 6) is 0.846. The lowest BCUT2D eigenvalue weighted by Gasteiger charge is -2.23. The maximum absolute atomic E-state index is 11.6. The number of para-hydroxylation sites is 1. The smallest absolute Gasteiger partial charge is 0.407 e. The zero-order chi connectivity index (χ0) is 22.9. The van der Waals surface area contributed by atoms with Gasteiger partial charge in [0, 0.05) is 26.7 Å². The van der Waals surface area contributed by atoms with Crippen LogP contribution in [0.15, 0.2) is 42.5 Å². The summed E-state index contributed by atoms with van der Waals surface area (Å²) in [5, 5.41) is 6.18. The Kier molecular flexibility index (Phi) is 8.85. The molecule has 170 valence electrons. The van der Waals surface area contributed by atoms with Crippen molar-refractivity contribution in [1.29, 1.82) is 0 Å². The average Bonchev–Trinajstić information content (AvgIpc) is 2.70. The molecule has 0 unspecified atom stereocenters. The van der Waals surface area contributed by atoms with Gasteiger partial charge in [-0.3, -0.25) is 0 Å². The fourth-order valence-electron chi connectivity index (χ4n) is 3.11. The summed E-state index contributed by atoms with van der Waals surface area (Å²) in [6, 6.07) is 14.0. The molecule has 7 heteroatoms. The standard InChI is InChI=1S/C24H36N4O3/c1-24(2,3)31-23(29)27-16-7-6-15-26-20-9-8-10-21(22(20)25)28(4)17-18-11-13-19(30-5)14-12-18/h8-14,26H,6-7,15-17,25H2,1-5H3,(H,27,29). The molecule has 2 aromatic carbocycles. The number of hydrogen-bond donors (Lipinski definition) is 3. The van der Waals surface area contributed by atoms with Crippen LogP contribution in [0.25, 0.3) is 0 Å². The van der Waals surface area contributed by atoms with Gasteiger partial charge in [-0.15, -0.1) is 0 Å². The van der Waals surface area contributed by atoms with Crippen molar-refractivity contribution in [2.45, 2.75) is 45.8 Å². The van der Waals surface area contributed by atoms with Crippen molar-refractivity contribution < 1.29 is 14.3 Å². The van der Waals surface area contributed by atoms with E-state index in [9.17, 15) is 4.79 Å². The minimum atomic E-state index is -0.477. The number of nitrogens with zero attached hydrogens (tertiary/aromatic N) is 1. The van der Waals surface area contributed by atoms with E-state index in [1.54, 1.807) is 7.11 Å². The van der Waals surface area contributed by atoms with Gasteiger partial charge in [0.2, 0.25) is 0 Å². The van der Waals surface area contributed by atoms with Crippen LogP contribution in [-0.2, 0) is 11.3 Å². The second-order valence-corrected chi connectivity index (χ2v) is 8.51. The molecule has 0 saturated carbocycles. The number of carbonyl (C=O) groups is 1. The number of nitrogens with one attached hydrogen (secondary N) is 2. The normalized spacial score (nSPS) is 11.0. The van der Waals surface area contributed by atoms with Crippen molar-refractivity contribution in [2.24, 2.45) is 0 Å². The number of rotatable bonds is 10. The van der Waals surface area contributed by atoms with Gasteiger partial charge in [-0.25, -0.2) is 4.79 Å². The van der Waals surface area contributed by atoms with Gasteiger partial charge >= 0.3 is 6.09 Å². The molecular weight excluding hydrogens is 392 g/mol. The first-order valence-corrected chi connectivity index (χ1v) is 10.6. The van der Waals surface area contributed by atoms with E-state index in [1.807, 2.05) is 58.2 Å². The zero-order valence-corrected chi connectivity index (χ0v) is 19.3. The van der Waals surface area contributed by atoms with E-state index >= 15 is 0 Å². The molecule has 0 heterocycles. The van der Waals surface area contributed by atoms with Gasteiger partial charge in [0.15, 0.2) is 0 Å². The van der Waals surface area contributed by atoms with Gasteiger partial charge in [0.1, 0.15) is 11.4 Å². The van der Waals surface area contributed by atoms with Crippen LogP contribution in [0.3, 0.4) is 0 Å². The second kappa shape index (κ2) is 11.3. The fourth-order valence-corrected chi connectivity index (χ4v) is 3.11. The number of anilines is 3. The summed E-state index contributed by atoms with van der Waals surface area (Å²) in [4.78, 5) is 13.8. The van der Waals surface area contributed by atoms with Crippen LogP contribution in [-0.4, -0.2) is 38.9 Å². The first kappa shape index (κ1) is 24.2. The minimum Gasteiger partial charge on any atom is -0.497 e. The molecule has 2 rings (SSSR count). The molecule has 2 aromatic rings. The van der Waals surface area contributed by atoms with Gasteiger partial charge < -0.3 is 30.7 Å². The molecule has 0 fully saturated rings. The van der Waals surface area contributed by atoms with Crippen LogP contribution in [0.1, 0.15) is 39.2 Å². The van der Waals surface area contributed by atoms with Crippen LogP contribution >= 0.6 is 0 Å². The lowest BCUT2D eigenvalue weighted by molar-refractivity contribution is 0.0527. The number of methoxy groups -OCH3 is 1. The van der Waals surface area contributed by atoms with Crippen molar-refractivity contribution in [2.75, 3.05) is 43.2 Å². The number of hydrogen-bond acceptors (Lipinski definition) is 6. The molecule has 0 saturated heterocycles. The molecule has 4 N–H and O–H groups in total. The van der Waals surface area contributed by atoms with Gasteiger partial charge in [-0.05, 0) is 63.4 Å². The third-order valence-electron chi connectivity index (χ3n) is 4.66. The van der Waals surface area contributed by atoms with Crippen molar-refractivity contribution >= 4 is 23.2 Å². The van der Waals surface area contributed by atoms with Crippen LogP contribution in [0, 0.1) is 0 Å². The number of carbonyl (C=O) groups excluding carboxylic acids is 1. The van der Waals surface area contributed by atoms with Crippen LogP contribution < -0.4 is 26.0 Å². The number of unbranched alkanes of at least 4 members (excludes halogenated alkanes) is 1. The van der Waals surface area contributed by atoms with Crippen molar-refractivity contribution in [3.63, 3.8) is 0 Å². The highest BCUT2D eigenvalue weighted by atomic mass is 16.6. The molecule has 0 radical (unpaired) electrons. The zero-order valence-electron chi connectivity index (χ0n) is 19.3. The van der Waals surface area contributed by atoms with E-state index in [4.69, 9.17) is 15.2 Å². The summed E-state index contributed by atoms with van der Waals surface area (Å²) < 4.78 is 10.4. The van der Waals surface area contributed by atoms with Crippen molar-refractivity contribution in [3.05, 3.63) is 48.0 Å². The van der Waals surface area contributed by atoms with Gasteiger partial charge in [-0.2, -0.15) is 0 Å². The Labute approximate surface area is 185 Å².